The molecule has 7 heteroatoms. The van der Waals surface area contributed by atoms with Crippen molar-refractivity contribution in [1.29, 1.82) is 0 Å². The lowest BCUT2D eigenvalue weighted by Crippen LogP contribution is -2.44. The van der Waals surface area contributed by atoms with E-state index in [9.17, 15) is 19.5 Å². The van der Waals surface area contributed by atoms with Crippen LogP contribution in [-0.2, 0) is 14.3 Å². The Morgan fingerprint density at radius 3 is 2.34 bits per heavy atom. The predicted octanol–water partition coefficient (Wildman–Crippen LogP) is 3.35. The fourth-order valence-corrected chi connectivity index (χ4v) is 5.99. The van der Waals surface area contributed by atoms with E-state index >= 15 is 0 Å². The number of carboxylic acids is 1. The van der Waals surface area contributed by atoms with Gasteiger partial charge in [0.25, 0.3) is 0 Å². The molecule has 1 heterocycles. The van der Waals surface area contributed by atoms with Gasteiger partial charge in [0.15, 0.2) is 0 Å². The second-order valence-electron chi connectivity index (χ2n) is 8.37. The molecular weight excluding hydrogens is 390 g/mol. The summed E-state index contributed by atoms with van der Waals surface area (Å²) >= 11 is 1.34. The van der Waals surface area contributed by atoms with Gasteiger partial charge in [-0.3, -0.25) is 4.79 Å². The number of hydrogen-bond acceptors (Lipinski definition) is 6. The first-order valence-corrected chi connectivity index (χ1v) is 11.0. The van der Waals surface area contributed by atoms with Gasteiger partial charge in [-0.2, -0.15) is 0 Å². The summed E-state index contributed by atoms with van der Waals surface area (Å²) in [4.78, 5) is 38.4. The number of aliphatic carboxylic acids is 1. The largest absolute Gasteiger partial charge is 0.550 e. The zero-order valence-corrected chi connectivity index (χ0v) is 18.4. The molecule has 0 aliphatic heterocycles. The number of fused-ring (bicyclic) bond motifs is 2. The summed E-state index contributed by atoms with van der Waals surface area (Å²) < 4.78 is 5.13. The lowest BCUT2D eigenvalue weighted by molar-refractivity contribution is -0.314. The molecular formula is C22H28NO5S-. The number of rotatable bonds is 6. The molecule has 2 bridgehead atoms. The lowest BCUT2D eigenvalue weighted by atomic mass is 9.79. The van der Waals surface area contributed by atoms with Crippen LogP contribution >= 0.6 is 11.3 Å². The van der Waals surface area contributed by atoms with Crippen LogP contribution in [-0.4, -0.2) is 24.5 Å². The maximum absolute atomic E-state index is 13.2. The molecule has 2 saturated carbocycles. The van der Waals surface area contributed by atoms with E-state index in [1.165, 1.54) is 11.3 Å². The van der Waals surface area contributed by atoms with Crippen molar-refractivity contribution < 1.29 is 24.2 Å². The molecule has 0 spiro atoms. The van der Waals surface area contributed by atoms with Gasteiger partial charge in [0.05, 0.1) is 18.1 Å². The van der Waals surface area contributed by atoms with Gasteiger partial charge in [0.2, 0.25) is 5.91 Å². The Kier molecular flexibility index (Phi) is 6.17. The minimum Gasteiger partial charge on any atom is -0.550 e. The van der Waals surface area contributed by atoms with Crippen LogP contribution in [0.15, 0.2) is 17.2 Å². The number of amides is 1. The zero-order chi connectivity index (χ0) is 21.5. The fraction of sp³-hybridized carbons (Fsp3) is 0.591. The van der Waals surface area contributed by atoms with Crippen LogP contribution in [0.5, 0.6) is 0 Å². The minimum atomic E-state index is -1.17. The smallest absolute Gasteiger partial charge is 0.341 e. The van der Waals surface area contributed by atoms with Crippen molar-refractivity contribution in [2.24, 2.45) is 23.7 Å². The Bertz CT molecular complexity index is 865. The van der Waals surface area contributed by atoms with Crippen LogP contribution in [0.3, 0.4) is 0 Å². The molecule has 0 radical (unpaired) electrons. The molecule has 2 fully saturated rings. The average molecular weight is 419 g/mol. The summed E-state index contributed by atoms with van der Waals surface area (Å²) in [7, 11) is 0. The molecule has 158 valence electrons. The molecule has 2 aliphatic rings. The Labute approximate surface area is 175 Å². The standard InChI is InChI=1S/C22H29NO5S/c1-6-28-22(27)14-9-15(10(2)3)29-20(14)23-19(24)17-12-7-8-13(16(12)11(4)5)18(17)21(25)26/h9-10,12-13,17-18H,6-8H2,1-5H3,(H,23,24)(H,25,26)/p-1/t12-,13+,17-,18-/m0/s1. The number of esters is 1. The van der Waals surface area contributed by atoms with Crippen molar-refractivity contribution in [3.63, 3.8) is 0 Å². The van der Waals surface area contributed by atoms with E-state index < -0.39 is 23.8 Å². The van der Waals surface area contributed by atoms with E-state index in [1.54, 1.807) is 13.0 Å². The SMILES string of the molecule is CCOC(=O)c1cc(C(C)C)sc1NC(=O)[C@@H]1[C@@H](C(=O)[O-])[C@@H]2CC[C@H]1C2=C(C)C. The Hall–Kier alpha value is -2.15. The molecule has 6 nitrogen and oxygen atoms in total. The van der Waals surface area contributed by atoms with E-state index in [0.717, 1.165) is 28.9 Å². The molecule has 3 rings (SSSR count). The van der Waals surface area contributed by atoms with Gasteiger partial charge in [-0.25, -0.2) is 4.79 Å². The van der Waals surface area contributed by atoms with Crippen molar-refractivity contribution in [3.8, 4) is 0 Å². The van der Waals surface area contributed by atoms with Gasteiger partial charge in [0, 0.05) is 16.8 Å². The molecule has 1 aromatic heterocycles. The number of thiophene rings is 1. The number of carboxylic acid groups (broad SMARTS) is 1. The van der Waals surface area contributed by atoms with Gasteiger partial charge < -0.3 is 20.0 Å². The van der Waals surface area contributed by atoms with Crippen molar-refractivity contribution in [3.05, 3.63) is 27.7 Å². The number of anilines is 1. The summed E-state index contributed by atoms with van der Waals surface area (Å²) in [6.45, 7) is 9.93. The summed E-state index contributed by atoms with van der Waals surface area (Å²) in [6, 6.07) is 1.75. The first-order chi connectivity index (χ1) is 13.7. The maximum Gasteiger partial charge on any atom is 0.341 e. The molecule has 2 aliphatic carbocycles. The normalized spacial score (nSPS) is 25.4. The summed E-state index contributed by atoms with van der Waals surface area (Å²) in [5.41, 5.74) is 2.51. The highest BCUT2D eigenvalue weighted by Gasteiger charge is 2.54. The quantitative estimate of drug-likeness (QED) is 0.565. The number of allylic oxidation sites excluding steroid dienone is 2. The van der Waals surface area contributed by atoms with Crippen molar-refractivity contribution in [2.45, 2.75) is 53.4 Å². The third-order valence-corrected chi connectivity index (χ3v) is 7.40. The van der Waals surface area contributed by atoms with Crippen molar-refractivity contribution in [2.75, 3.05) is 11.9 Å². The second kappa shape index (κ2) is 8.30. The number of carbonyl (C=O) groups excluding carboxylic acids is 3. The third kappa shape index (κ3) is 3.84. The predicted molar refractivity (Wildman–Crippen MR) is 110 cm³/mol. The molecule has 1 N–H and O–H groups in total. The van der Waals surface area contributed by atoms with Gasteiger partial charge in [0.1, 0.15) is 5.00 Å². The van der Waals surface area contributed by atoms with Crippen LogP contribution < -0.4 is 10.4 Å². The molecule has 0 unspecified atom stereocenters. The second-order valence-corrected chi connectivity index (χ2v) is 9.46. The molecule has 0 saturated heterocycles. The van der Waals surface area contributed by atoms with Crippen molar-refractivity contribution >= 4 is 34.2 Å². The zero-order valence-electron chi connectivity index (χ0n) is 17.5. The van der Waals surface area contributed by atoms with Gasteiger partial charge in [-0.05, 0) is 57.4 Å². The highest BCUT2D eigenvalue weighted by Crippen LogP contribution is 2.57. The van der Waals surface area contributed by atoms with Crippen LogP contribution in [0.25, 0.3) is 0 Å². The van der Waals surface area contributed by atoms with E-state index in [2.05, 4.69) is 5.32 Å². The number of ether oxygens (including phenoxy) is 1. The average Bonchev–Trinajstić information content (AvgIpc) is 3.32. The van der Waals surface area contributed by atoms with Crippen LogP contribution in [0.1, 0.15) is 68.6 Å². The number of nitrogens with one attached hydrogen (secondary N) is 1. The summed E-state index contributed by atoms with van der Waals surface area (Å²) in [6.07, 6.45) is 1.58. The first-order valence-electron chi connectivity index (χ1n) is 10.2. The summed E-state index contributed by atoms with van der Waals surface area (Å²) in [5, 5.41) is 15.2. The van der Waals surface area contributed by atoms with Crippen molar-refractivity contribution in [1.82, 2.24) is 0 Å². The molecule has 29 heavy (non-hydrogen) atoms. The van der Waals surface area contributed by atoms with Crippen LogP contribution in [0.4, 0.5) is 5.00 Å². The Morgan fingerprint density at radius 1 is 1.21 bits per heavy atom. The topological polar surface area (TPSA) is 95.5 Å². The van der Waals surface area contributed by atoms with Crippen LogP contribution in [0, 0.1) is 23.7 Å². The van der Waals surface area contributed by atoms with E-state index in [0.29, 0.717) is 10.6 Å². The van der Waals surface area contributed by atoms with Crippen LogP contribution in [0.2, 0.25) is 0 Å². The first kappa shape index (κ1) is 21.6. The highest BCUT2D eigenvalue weighted by atomic mass is 32.1. The maximum atomic E-state index is 13.2. The minimum absolute atomic E-state index is 0.0801. The monoisotopic (exact) mass is 418 g/mol. The summed E-state index contributed by atoms with van der Waals surface area (Å²) in [5.74, 6) is -3.54. The lowest BCUT2D eigenvalue weighted by Gasteiger charge is -2.30. The van der Waals surface area contributed by atoms with E-state index in [4.69, 9.17) is 4.74 Å². The Morgan fingerprint density at radius 2 is 1.83 bits per heavy atom. The molecule has 1 aromatic rings. The number of hydrogen-bond donors (Lipinski definition) is 1. The van der Waals surface area contributed by atoms with E-state index in [-0.39, 0.29) is 30.3 Å². The molecule has 1 amide bonds. The van der Waals surface area contributed by atoms with Gasteiger partial charge in [-0.15, -0.1) is 11.3 Å². The van der Waals surface area contributed by atoms with Gasteiger partial charge >= 0.3 is 5.97 Å². The number of carbonyl (C=O) groups is 3. The fourth-order valence-electron chi connectivity index (χ4n) is 4.93. The highest BCUT2D eigenvalue weighted by molar-refractivity contribution is 7.16. The third-order valence-electron chi connectivity index (χ3n) is 6.05. The Balaban J connectivity index is 1.93. The molecule has 4 atom stereocenters. The van der Waals surface area contributed by atoms with Gasteiger partial charge in [-0.1, -0.05) is 25.0 Å². The van der Waals surface area contributed by atoms with E-state index in [1.807, 2.05) is 27.7 Å². The molecule has 0 aromatic carbocycles.